The van der Waals surface area contributed by atoms with Crippen LogP contribution in [-0.4, -0.2) is 59.9 Å². The summed E-state index contributed by atoms with van der Waals surface area (Å²) in [5, 5.41) is 10.3. The van der Waals surface area contributed by atoms with Crippen molar-refractivity contribution in [1.29, 1.82) is 0 Å². The number of hydrogen-bond acceptors (Lipinski definition) is 4. The Labute approximate surface area is 107 Å². The summed E-state index contributed by atoms with van der Waals surface area (Å²) >= 11 is 0. The second-order valence-electron chi connectivity index (χ2n) is 4.50. The zero-order valence-electron chi connectivity index (χ0n) is 10.6. The van der Waals surface area contributed by atoms with Crippen molar-refractivity contribution in [3.05, 3.63) is 18.5 Å². The predicted octanol–water partition coefficient (Wildman–Crippen LogP) is -0.705. The van der Waals surface area contributed by atoms with Gasteiger partial charge in [0.05, 0.1) is 13.1 Å². The van der Waals surface area contributed by atoms with Gasteiger partial charge >= 0.3 is 0 Å². The van der Waals surface area contributed by atoms with Gasteiger partial charge < -0.3 is 10.6 Å². The quantitative estimate of drug-likeness (QED) is 0.726. The maximum atomic E-state index is 11.7. The highest BCUT2D eigenvalue weighted by Crippen LogP contribution is 1.94. The average Bonchev–Trinajstić information content (AvgIpc) is 2.74. The molecule has 0 saturated carbocycles. The number of carbonyl (C=O) groups is 1. The second kappa shape index (κ2) is 7.13. The summed E-state index contributed by atoms with van der Waals surface area (Å²) in [5.74, 6) is 0.101. The molecule has 100 valence electrons. The van der Waals surface area contributed by atoms with Gasteiger partial charge in [0.2, 0.25) is 5.91 Å². The zero-order chi connectivity index (χ0) is 12.6. The van der Waals surface area contributed by atoms with Gasteiger partial charge in [-0.1, -0.05) is 0 Å². The predicted molar refractivity (Wildman–Crippen MR) is 69.2 cm³/mol. The Hall–Kier alpha value is -1.40. The van der Waals surface area contributed by atoms with Crippen LogP contribution in [0.1, 0.15) is 6.42 Å². The monoisotopic (exact) mass is 251 g/mol. The first kappa shape index (κ1) is 13.0. The average molecular weight is 251 g/mol. The van der Waals surface area contributed by atoms with Crippen LogP contribution >= 0.6 is 0 Å². The molecule has 2 N–H and O–H groups in total. The molecule has 0 unspecified atom stereocenters. The highest BCUT2D eigenvalue weighted by atomic mass is 16.2. The molecule has 1 aliphatic heterocycles. The fourth-order valence-corrected chi connectivity index (χ4v) is 2.06. The fraction of sp³-hybridized carbons (Fsp3) is 0.667. The molecule has 0 bridgehead atoms. The summed E-state index contributed by atoms with van der Waals surface area (Å²) in [6.07, 6.45) is 4.75. The minimum atomic E-state index is 0.101. The highest BCUT2D eigenvalue weighted by molar-refractivity contribution is 5.77. The third-order valence-corrected chi connectivity index (χ3v) is 3.02. The van der Waals surface area contributed by atoms with E-state index in [1.165, 1.54) is 0 Å². The maximum absolute atomic E-state index is 11.7. The minimum absolute atomic E-state index is 0.101. The minimum Gasteiger partial charge on any atom is -0.353 e. The van der Waals surface area contributed by atoms with E-state index in [-0.39, 0.29) is 5.91 Å². The zero-order valence-corrected chi connectivity index (χ0v) is 10.6. The Morgan fingerprint density at radius 2 is 2.33 bits per heavy atom. The lowest BCUT2D eigenvalue weighted by Crippen LogP contribution is -2.39. The van der Waals surface area contributed by atoms with E-state index in [9.17, 15) is 4.79 Å². The van der Waals surface area contributed by atoms with Crippen LogP contribution < -0.4 is 10.6 Å². The molecule has 0 aromatic carbocycles. The smallest absolute Gasteiger partial charge is 0.234 e. The number of rotatable bonds is 5. The molecule has 0 spiro atoms. The van der Waals surface area contributed by atoms with Crippen LogP contribution in [0.15, 0.2) is 18.5 Å². The van der Waals surface area contributed by atoms with E-state index in [4.69, 9.17) is 0 Å². The summed E-state index contributed by atoms with van der Waals surface area (Å²) in [7, 11) is 0. The topological polar surface area (TPSA) is 62.2 Å². The van der Waals surface area contributed by atoms with Crippen LogP contribution in [0.5, 0.6) is 0 Å². The number of amides is 1. The molecule has 1 aliphatic rings. The summed E-state index contributed by atoms with van der Waals surface area (Å²) in [4.78, 5) is 13.9. The molecule has 1 fully saturated rings. The SMILES string of the molecule is O=C(CN1CCCNCC1)NCCn1cccn1. The fourth-order valence-electron chi connectivity index (χ4n) is 2.06. The van der Waals surface area contributed by atoms with E-state index < -0.39 is 0 Å². The van der Waals surface area contributed by atoms with E-state index in [1.807, 2.05) is 16.9 Å². The first-order valence-electron chi connectivity index (χ1n) is 6.52. The van der Waals surface area contributed by atoms with Gasteiger partial charge in [0.25, 0.3) is 0 Å². The third kappa shape index (κ3) is 4.46. The molecule has 1 aromatic heterocycles. The third-order valence-electron chi connectivity index (χ3n) is 3.02. The summed E-state index contributed by atoms with van der Waals surface area (Å²) < 4.78 is 1.82. The van der Waals surface area contributed by atoms with Crippen molar-refractivity contribution in [3.8, 4) is 0 Å². The van der Waals surface area contributed by atoms with E-state index in [1.54, 1.807) is 6.20 Å². The Bertz CT molecular complexity index is 343. The molecule has 0 aliphatic carbocycles. The Morgan fingerprint density at radius 1 is 1.39 bits per heavy atom. The van der Waals surface area contributed by atoms with Crippen LogP contribution in [0.2, 0.25) is 0 Å². The van der Waals surface area contributed by atoms with Crippen LogP contribution in [0.4, 0.5) is 0 Å². The number of carbonyl (C=O) groups excluding carboxylic acids is 1. The highest BCUT2D eigenvalue weighted by Gasteiger charge is 2.11. The lowest BCUT2D eigenvalue weighted by molar-refractivity contribution is -0.122. The Kier molecular flexibility index (Phi) is 5.16. The molecule has 0 atom stereocenters. The molecule has 2 rings (SSSR count). The molecule has 1 amide bonds. The van der Waals surface area contributed by atoms with Gasteiger partial charge in [-0.05, 0) is 25.6 Å². The Balaban J connectivity index is 1.62. The molecule has 1 aromatic rings. The van der Waals surface area contributed by atoms with E-state index >= 15 is 0 Å². The van der Waals surface area contributed by atoms with Crippen molar-refractivity contribution in [3.63, 3.8) is 0 Å². The van der Waals surface area contributed by atoms with E-state index in [2.05, 4.69) is 20.6 Å². The number of aromatic nitrogens is 2. The van der Waals surface area contributed by atoms with Crippen molar-refractivity contribution >= 4 is 5.91 Å². The van der Waals surface area contributed by atoms with Gasteiger partial charge in [-0.3, -0.25) is 14.4 Å². The van der Waals surface area contributed by atoms with Gasteiger partial charge in [-0.2, -0.15) is 5.10 Å². The first-order valence-corrected chi connectivity index (χ1v) is 6.52. The normalized spacial score (nSPS) is 17.3. The second-order valence-corrected chi connectivity index (χ2v) is 4.50. The molecule has 0 radical (unpaired) electrons. The molecular formula is C12H21N5O. The van der Waals surface area contributed by atoms with Crippen molar-refractivity contribution < 1.29 is 4.79 Å². The van der Waals surface area contributed by atoms with Gasteiger partial charge in [0, 0.05) is 32.0 Å². The van der Waals surface area contributed by atoms with Crippen LogP contribution in [0.25, 0.3) is 0 Å². The van der Waals surface area contributed by atoms with Crippen molar-refractivity contribution in [2.75, 3.05) is 39.3 Å². The Morgan fingerprint density at radius 3 is 3.17 bits per heavy atom. The van der Waals surface area contributed by atoms with Crippen LogP contribution in [-0.2, 0) is 11.3 Å². The van der Waals surface area contributed by atoms with Gasteiger partial charge in [0.15, 0.2) is 0 Å². The van der Waals surface area contributed by atoms with Gasteiger partial charge in [-0.15, -0.1) is 0 Å². The van der Waals surface area contributed by atoms with Gasteiger partial charge in [0.1, 0.15) is 0 Å². The number of nitrogens with one attached hydrogen (secondary N) is 2. The molecule has 2 heterocycles. The molecular weight excluding hydrogens is 230 g/mol. The summed E-state index contributed by atoms with van der Waals surface area (Å²) in [6.45, 7) is 5.83. The summed E-state index contributed by atoms with van der Waals surface area (Å²) in [5.41, 5.74) is 0. The van der Waals surface area contributed by atoms with E-state index in [0.717, 1.165) is 39.1 Å². The first-order chi connectivity index (χ1) is 8.84. The molecule has 6 nitrogen and oxygen atoms in total. The summed E-state index contributed by atoms with van der Waals surface area (Å²) in [6, 6.07) is 1.88. The van der Waals surface area contributed by atoms with Crippen LogP contribution in [0.3, 0.4) is 0 Å². The molecule has 1 saturated heterocycles. The van der Waals surface area contributed by atoms with Crippen molar-refractivity contribution in [2.24, 2.45) is 0 Å². The van der Waals surface area contributed by atoms with E-state index in [0.29, 0.717) is 13.1 Å². The van der Waals surface area contributed by atoms with Crippen molar-refractivity contribution in [2.45, 2.75) is 13.0 Å². The molecule has 6 heteroatoms. The lowest BCUT2D eigenvalue weighted by atomic mass is 10.4. The number of hydrogen-bond donors (Lipinski definition) is 2. The number of nitrogens with zero attached hydrogens (tertiary/aromatic N) is 3. The maximum Gasteiger partial charge on any atom is 0.234 e. The molecule has 18 heavy (non-hydrogen) atoms. The van der Waals surface area contributed by atoms with Crippen LogP contribution in [0, 0.1) is 0 Å². The van der Waals surface area contributed by atoms with Crippen molar-refractivity contribution in [1.82, 2.24) is 25.3 Å². The largest absolute Gasteiger partial charge is 0.353 e. The standard InChI is InChI=1S/C12H21N5O/c18-12(11-16-7-1-3-13-5-9-16)14-6-10-17-8-2-4-15-17/h2,4,8,13H,1,3,5-7,9-11H2,(H,14,18). The van der Waals surface area contributed by atoms with Gasteiger partial charge in [-0.25, -0.2) is 0 Å². The lowest BCUT2D eigenvalue weighted by Gasteiger charge is -2.18.